The maximum Gasteiger partial charge on any atom is 0 e. The van der Waals surface area contributed by atoms with Crippen molar-refractivity contribution in [3.8, 4) is 22.3 Å². The summed E-state index contributed by atoms with van der Waals surface area (Å²) in [5.74, 6) is 0. The first-order chi connectivity index (χ1) is 17.6. The van der Waals surface area contributed by atoms with Gasteiger partial charge in [-0.1, -0.05) is 0 Å². The molecule has 0 spiro atoms. The molecule has 4 aromatic carbocycles. The topological polar surface area (TPSA) is 0 Å². The molecular weight excluding hydrogens is 682 g/mol. The molecule has 0 aromatic heterocycles. The Morgan fingerprint density at radius 1 is 0.514 bits per heavy atom. The van der Waals surface area contributed by atoms with E-state index >= 15 is 0 Å². The van der Waals surface area contributed by atoms with Crippen molar-refractivity contribution in [2.45, 2.75) is 33.9 Å². The van der Waals surface area contributed by atoms with E-state index < -0.39 is 0 Å². The zero-order valence-corrected chi connectivity index (χ0v) is 28.8. The van der Waals surface area contributed by atoms with Crippen molar-refractivity contribution in [2.75, 3.05) is 0 Å². The maximum absolute atomic E-state index is 2.41. The molecule has 0 fully saturated rings. The third-order valence-electron chi connectivity index (χ3n) is 7.29. The summed E-state index contributed by atoms with van der Waals surface area (Å²) in [6, 6.07) is 34.9. The average Bonchev–Trinajstić information content (AvgIpc) is 3.46. The van der Waals surface area contributed by atoms with Crippen LogP contribution in [0.15, 0.2) is 108 Å². The molecule has 0 saturated carbocycles. The number of rotatable bonds is 4. The van der Waals surface area contributed by atoms with Crippen LogP contribution in [0.3, 0.4) is 0 Å². The van der Waals surface area contributed by atoms with E-state index in [9.17, 15) is 0 Å². The Kier molecular flexibility index (Phi) is 10.5. The molecule has 0 heterocycles. The smallest absolute Gasteiger partial charge is 0 e. The van der Waals surface area contributed by atoms with Crippen molar-refractivity contribution in [3.05, 3.63) is 130 Å². The molecule has 0 aliphatic heterocycles. The molecule has 2 unspecified atom stereocenters. The van der Waals surface area contributed by atoms with Crippen molar-refractivity contribution in [1.29, 1.82) is 0 Å². The Hall–Kier alpha value is -0.991. The molecule has 0 N–H and O–H groups in total. The first-order valence-electron chi connectivity index (χ1n) is 12.8. The van der Waals surface area contributed by atoms with E-state index in [0.717, 1.165) is 0 Å². The summed E-state index contributed by atoms with van der Waals surface area (Å²) in [4.78, 5) is 0. The summed E-state index contributed by atoms with van der Waals surface area (Å²) in [5.41, 5.74) is 14.5. The van der Waals surface area contributed by atoms with Gasteiger partial charge in [-0.2, -0.15) is 0 Å². The minimum absolute atomic E-state index is 0. The quantitative estimate of drug-likeness (QED) is 0.198. The molecule has 0 radical (unpaired) electrons. The van der Waals surface area contributed by atoms with Gasteiger partial charge in [-0.3, -0.25) is 0 Å². The van der Waals surface area contributed by atoms with E-state index in [4.69, 9.17) is 0 Å². The van der Waals surface area contributed by atoms with E-state index in [1.165, 1.54) is 57.3 Å². The first-order valence-corrected chi connectivity index (χ1v) is 15.7. The molecule has 6 rings (SSSR count). The number of allylic oxidation sites excluding steroid dienone is 2. The molecule has 0 nitrogen and oxygen atoms in total. The van der Waals surface area contributed by atoms with Crippen LogP contribution in [0, 0.1) is 0 Å². The summed E-state index contributed by atoms with van der Waals surface area (Å²) in [5, 5.41) is 0. The van der Waals surface area contributed by atoms with Crippen molar-refractivity contribution in [2.24, 2.45) is 0 Å². The number of fused-ring (bicyclic) bond motifs is 2. The van der Waals surface area contributed by atoms with Gasteiger partial charge in [-0.25, -0.2) is 0 Å². The summed E-state index contributed by atoms with van der Waals surface area (Å²) in [7, 11) is 0. The van der Waals surface area contributed by atoms with Crippen LogP contribution in [-0.4, -0.2) is 0 Å². The third kappa shape index (κ3) is 6.11. The van der Waals surface area contributed by atoms with Crippen LogP contribution in [-0.2, 0) is 75.6 Å². The van der Waals surface area contributed by atoms with Gasteiger partial charge in [0.2, 0.25) is 0 Å². The summed E-state index contributed by atoms with van der Waals surface area (Å²) >= 11 is 3.20. The van der Waals surface area contributed by atoms with Crippen LogP contribution in [0.2, 0.25) is 0 Å². The fourth-order valence-electron chi connectivity index (χ4n) is 5.28. The van der Waals surface area contributed by atoms with Crippen LogP contribution in [0.4, 0.5) is 0 Å². The minimum atomic E-state index is 0. The number of hydrogen-bond donors (Lipinski definition) is 0. The Labute approximate surface area is 271 Å². The first kappa shape index (κ1) is 29.0. The minimum Gasteiger partial charge on any atom is 0 e. The Morgan fingerprint density at radius 3 is 1.24 bits per heavy atom. The molecule has 0 amide bonds. The largest absolute Gasteiger partial charge is 0 e. The van der Waals surface area contributed by atoms with E-state index in [-0.39, 0.29) is 26.2 Å². The van der Waals surface area contributed by atoms with Crippen molar-refractivity contribution < 1.29 is 75.6 Å². The van der Waals surface area contributed by atoms with Gasteiger partial charge in [-0.15, -0.1) is 0 Å². The molecule has 4 aromatic rings. The molecule has 2 aliphatic rings. The fourth-order valence-corrected chi connectivity index (χ4v) is 7.93. The SMILES string of the molecule is CCC1=Cc2c(-c3ccccc3)cccc2[CH]1[Zr].CCC1=Cc2c(-c3ccccc3)cccc2[CH]1[Zr].[Zr]. The fraction of sp³-hybridized carbons (Fsp3) is 0.176. The maximum atomic E-state index is 2.41. The van der Waals surface area contributed by atoms with Gasteiger partial charge in [0, 0.05) is 26.2 Å². The Bertz CT molecular complexity index is 1310. The van der Waals surface area contributed by atoms with E-state index in [2.05, 4.69) is 123 Å². The van der Waals surface area contributed by atoms with Gasteiger partial charge < -0.3 is 0 Å². The molecular formula is C34H30Zr3. The zero-order chi connectivity index (χ0) is 25.1. The second kappa shape index (κ2) is 13.4. The van der Waals surface area contributed by atoms with E-state index in [0.29, 0.717) is 7.25 Å². The zero-order valence-electron chi connectivity index (χ0n) is 21.5. The average molecular weight is 712 g/mol. The van der Waals surface area contributed by atoms with Gasteiger partial charge in [0.25, 0.3) is 0 Å². The number of hydrogen-bond acceptors (Lipinski definition) is 0. The number of benzene rings is 4. The summed E-state index contributed by atoms with van der Waals surface area (Å²) < 4.78 is 1.33. The monoisotopic (exact) mass is 708 g/mol. The molecule has 0 bridgehead atoms. The van der Waals surface area contributed by atoms with E-state index in [1.54, 1.807) is 60.6 Å². The van der Waals surface area contributed by atoms with Crippen LogP contribution in [0.1, 0.15) is 56.2 Å². The molecule has 0 saturated heterocycles. The van der Waals surface area contributed by atoms with Crippen molar-refractivity contribution >= 4 is 12.2 Å². The normalized spacial score (nSPS) is 16.9. The molecule has 178 valence electrons. The molecule has 2 aliphatic carbocycles. The predicted octanol–water partition coefficient (Wildman–Crippen LogP) is 9.49. The standard InChI is InChI=1S/2C17H15.3Zr/c2*1-2-13-11-15-9-6-10-16(17(15)12-13)14-7-4-3-5-8-14;;;/h2*3-12H,2H2,1H3;;;. The van der Waals surface area contributed by atoms with Gasteiger partial charge >= 0.3 is 248 Å². The molecule has 3 heteroatoms. The summed E-state index contributed by atoms with van der Waals surface area (Å²) in [6.45, 7) is 4.52. The van der Waals surface area contributed by atoms with Crippen LogP contribution < -0.4 is 0 Å². The van der Waals surface area contributed by atoms with E-state index in [1.807, 2.05) is 0 Å². The van der Waals surface area contributed by atoms with Crippen molar-refractivity contribution in [3.63, 3.8) is 0 Å². The second-order valence-electron chi connectivity index (χ2n) is 9.36. The predicted molar refractivity (Wildman–Crippen MR) is 146 cm³/mol. The molecule has 37 heavy (non-hydrogen) atoms. The third-order valence-corrected chi connectivity index (χ3v) is 10.6. The van der Waals surface area contributed by atoms with Crippen LogP contribution in [0.25, 0.3) is 34.4 Å². The van der Waals surface area contributed by atoms with Gasteiger partial charge in [0.1, 0.15) is 0 Å². The van der Waals surface area contributed by atoms with Gasteiger partial charge in [-0.05, 0) is 0 Å². The van der Waals surface area contributed by atoms with Crippen molar-refractivity contribution in [1.82, 2.24) is 0 Å². The molecule has 2 atom stereocenters. The Morgan fingerprint density at radius 2 is 0.892 bits per heavy atom. The van der Waals surface area contributed by atoms with Gasteiger partial charge in [0.15, 0.2) is 0 Å². The summed E-state index contributed by atoms with van der Waals surface area (Å²) in [6.07, 6.45) is 7.16. The van der Waals surface area contributed by atoms with Crippen LogP contribution in [0.5, 0.6) is 0 Å². The Balaban J connectivity index is 0.000000168. The van der Waals surface area contributed by atoms with Crippen LogP contribution >= 0.6 is 0 Å². The van der Waals surface area contributed by atoms with Gasteiger partial charge in [0.05, 0.1) is 0 Å². The second-order valence-corrected chi connectivity index (χ2v) is 12.2.